The number of hydrogen-bond donors (Lipinski definition) is 2. The lowest BCUT2D eigenvalue weighted by Crippen LogP contribution is -2.28. The molecule has 0 saturated heterocycles. The van der Waals surface area contributed by atoms with E-state index in [4.69, 9.17) is 0 Å². The van der Waals surface area contributed by atoms with Crippen LogP contribution < -0.4 is 5.32 Å². The maximum absolute atomic E-state index is 14.0. The summed E-state index contributed by atoms with van der Waals surface area (Å²) in [6.45, 7) is 0.435. The molecular weight excluding hydrogens is 464 g/mol. The van der Waals surface area contributed by atoms with E-state index in [1.54, 1.807) is 23.1 Å². The topological polar surface area (TPSA) is 95.9 Å². The third-order valence-corrected chi connectivity index (χ3v) is 7.79. The molecule has 4 aromatic rings. The Morgan fingerprint density at radius 3 is 2.68 bits per heavy atom. The smallest absolute Gasteiger partial charge is 0.256 e. The van der Waals surface area contributed by atoms with E-state index < -0.39 is 0 Å². The number of amides is 2. The third kappa shape index (κ3) is 4.52. The van der Waals surface area contributed by atoms with Gasteiger partial charge in [0.1, 0.15) is 0 Å². The number of carbonyl (C=O) groups is 2. The molecule has 1 fully saturated rings. The summed E-state index contributed by atoms with van der Waals surface area (Å²) in [5.74, 6) is -0.321. The van der Waals surface area contributed by atoms with Crippen LogP contribution in [0.5, 0.6) is 0 Å². The summed E-state index contributed by atoms with van der Waals surface area (Å²) in [6, 6.07) is 13.1. The zero-order chi connectivity index (χ0) is 25.4. The second kappa shape index (κ2) is 9.84. The Bertz CT molecular complexity index is 1450. The van der Waals surface area contributed by atoms with Crippen LogP contribution in [-0.2, 0) is 19.4 Å². The summed E-state index contributed by atoms with van der Waals surface area (Å²) in [7, 11) is 1.82. The minimum Gasteiger partial charge on any atom is -0.336 e. The van der Waals surface area contributed by atoms with Crippen molar-refractivity contribution in [3.8, 4) is 0 Å². The molecule has 1 saturated carbocycles. The van der Waals surface area contributed by atoms with Gasteiger partial charge < -0.3 is 14.8 Å². The fourth-order valence-electron chi connectivity index (χ4n) is 5.84. The largest absolute Gasteiger partial charge is 0.336 e. The number of benzene rings is 2. The highest BCUT2D eigenvalue weighted by Crippen LogP contribution is 2.35. The highest BCUT2D eigenvalue weighted by Gasteiger charge is 2.26. The molecule has 37 heavy (non-hydrogen) atoms. The first kappa shape index (κ1) is 23.5. The summed E-state index contributed by atoms with van der Waals surface area (Å²) < 4.78 is 2.17. The number of nitrogens with one attached hydrogen (secondary N) is 2. The zero-order valence-electron chi connectivity index (χ0n) is 21.2. The Morgan fingerprint density at radius 1 is 1.08 bits per heavy atom. The molecule has 0 radical (unpaired) electrons. The molecule has 2 amide bonds. The standard InChI is InChI=1S/C29H32N6O2/c1-34(17-26-22-13-7-8-14-24(22)32-33-26)29(37)23-15-20(31-28(36)19-9-3-2-4-10-19)16-25-27(23)35(18-30-25)21-11-5-6-12-21/h2-4,9-10,15-16,18,21H,5-8,11-14,17H2,1H3,(H,31,36)(H,32,33). The van der Waals surface area contributed by atoms with Crippen molar-refractivity contribution in [3.05, 3.63) is 76.9 Å². The second-order valence-corrected chi connectivity index (χ2v) is 10.3. The number of fused-ring (bicyclic) bond motifs is 2. The molecule has 2 aromatic carbocycles. The van der Waals surface area contributed by atoms with E-state index in [0.717, 1.165) is 43.3 Å². The fourth-order valence-corrected chi connectivity index (χ4v) is 5.84. The van der Waals surface area contributed by atoms with E-state index in [9.17, 15) is 9.59 Å². The predicted octanol–water partition coefficient (Wildman–Crippen LogP) is 5.28. The molecule has 2 N–H and O–H groups in total. The first-order valence-electron chi connectivity index (χ1n) is 13.3. The van der Waals surface area contributed by atoms with Crippen LogP contribution in [0.4, 0.5) is 5.69 Å². The number of anilines is 1. The first-order chi connectivity index (χ1) is 18.1. The van der Waals surface area contributed by atoms with Crippen molar-refractivity contribution in [2.75, 3.05) is 12.4 Å². The molecule has 8 nitrogen and oxygen atoms in total. The van der Waals surface area contributed by atoms with E-state index in [2.05, 4.69) is 25.1 Å². The minimum atomic E-state index is -0.218. The van der Waals surface area contributed by atoms with E-state index in [-0.39, 0.29) is 11.8 Å². The van der Waals surface area contributed by atoms with Gasteiger partial charge in [-0.1, -0.05) is 31.0 Å². The van der Waals surface area contributed by atoms with Gasteiger partial charge in [0.15, 0.2) is 0 Å². The van der Waals surface area contributed by atoms with Gasteiger partial charge in [-0.15, -0.1) is 0 Å². The lowest BCUT2D eigenvalue weighted by molar-refractivity contribution is 0.0784. The molecule has 2 heterocycles. The van der Waals surface area contributed by atoms with Crippen molar-refractivity contribution in [1.82, 2.24) is 24.6 Å². The van der Waals surface area contributed by atoms with Crippen LogP contribution in [0.2, 0.25) is 0 Å². The SMILES string of the molecule is CN(Cc1n[nH]c2c1CCCC2)C(=O)c1cc(NC(=O)c2ccccc2)cc2ncn(C3CCCC3)c12. The molecule has 2 aromatic heterocycles. The molecule has 0 spiro atoms. The Morgan fingerprint density at radius 2 is 1.86 bits per heavy atom. The summed E-state index contributed by atoms with van der Waals surface area (Å²) in [5.41, 5.74) is 6.64. The van der Waals surface area contributed by atoms with Gasteiger partial charge in [0.25, 0.3) is 11.8 Å². The van der Waals surface area contributed by atoms with Crippen molar-refractivity contribution >= 4 is 28.5 Å². The van der Waals surface area contributed by atoms with Crippen LogP contribution in [-0.4, -0.2) is 43.5 Å². The molecule has 190 valence electrons. The van der Waals surface area contributed by atoms with Crippen LogP contribution in [0.15, 0.2) is 48.8 Å². The van der Waals surface area contributed by atoms with Crippen molar-refractivity contribution < 1.29 is 9.59 Å². The van der Waals surface area contributed by atoms with Crippen LogP contribution >= 0.6 is 0 Å². The molecule has 0 unspecified atom stereocenters. The number of imidazole rings is 1. The summed E-state index contributed by atoms with van der Waals surface area (Å²) >= 11 is 0. The highest BCUT2D eigenvalue weighted by molar-refractivity contribution is 6.09. The lowest BCUT2D eigenvalue weighted by Gasteiger charge is -2.21. The number of nitrogens with zero attached hydrogens (tertiary/aromatic N) is 4. The quantitative estimate of drug-likeness (QED) is 0.380. The minimum absolute atomic E-state index is 0.104. The Balaban J connectivity index is 1.35. The van der Waals surface area contributed by atoms with Gasteiger partial charge in [-0.2, -0.15) is 5.10 Å². The van der Waals surface area contributed by atoms with Crippen molar-refractivity contribution in [3.63, 3.8) is 0 Å². The molecule has 2 aliphatic rings. The predicted molar refractivity (Wildman–Crippen MR) is 143 cm³/mol. The molecule has 0 atom stereocenters. The average Bonchev–Trinajstić information content (AvgIpc) is 3.68. The molecule has 0 bridgehead atoms. The summed E-state index contributed by atoms with van der Waals surface area (Å²) in [6.07, 6.45) is 10.7. The van der Waals surface area contributed by atoms with Gasteiger partial charge in [0.05, 0.1) is 35.2 Å². The Labute approximate surface area is 216 Å². The van der Waals surface area contributed by atoms with Crippen LogP contribution in [0.3, 0.4) is 0 Å². The molecule has 6 rings (SSSR count). The lowest BCUT2D eigenvalue weighted by atomic mass is 9.96. The number of carbonyl (C=O) groups excluding carboxylic acids is 2. The van der Waals surface area contributed by atoms with E-state index in [1.807, 2.05) is 37.6 Å². The average molecular weight is 497 g/mol. The van der Waals surface area contributed by atoms with E-state index in [0.29, 0.717) is 34.9 Å². The normalized spacial score (nSPS) is 15.6. The van der Waals surface area contributed by atoms with Gasteiger partial charge in [-0.25, -0.2) is 4.98 Å². The van der Waals surface area contributed by atoms with Crippen LogP contribution in [0.1, 0.15) is 82.2 Å². The number of aryl methyl sites for hydroxylation is 1. The van der Waals surface area contributed by atoms with Crippen LogP contribution in [0.25, 0.3) is 11.0 Å². The fraction of sp³-hybridized carbons (Fsp3) is 0.379. The van der Waals surface area contributed by atoms with Gasteiger partial charge in [0, 0.05) is 30.0 Å². The van der Waals surface area contributed by atoms with E-state index >= 15 is 0 Å². The first-order valence-corrected chi connectivity index (χ1v) is 13.3. The molecule has 8 heteroatoms. The number of hydrogen-bond acceptors (Lipinski definition) is 4. The van der Waals surface area contributed by atoms with Crippen molar-refractivity contribution in [1.29, 1.82) is 0 Å². The molecule has 2 aliphatic carbocycles. The van der Waals surface area contributed by atoms with Crippen molar-refractivity contribution in [2.45, 2.75) is 64.0 Å². The summed E-state index contributed by atoms with van der Waals surface area (Å²) in [5, 5.41) is 10.7. The van der Waals surface area contributed by atoms with Gasteiger partial charge in [-0.05, 0) is 68.4 Å². The molecular formula is C29H32N6O2. The number of aromatic nitrogens is 4. The summed E-state index contributed by atoms with van der Waals surface area (Å²) in [4.78, 5) is 33.2. The second-order valence-electron chi connectivity index (χ2n) is 10.3. The highest BCUT2D eigenvalue weighted by atomic mass is 16.2. The van der Waals surface area contributed by atoms with Crippen molar-refractivity contribution in [2.24, 2.45) is 0 Å². The number of rotatable bonds is 6. The van der Waals surface area contributed by atoms with Gasteiger partial charge in [0.2, 0.25) is 0 Å². The van der Waals surface area contributed by atoms with Crippen LogP contribution in [0, 0.1) is 0 Å². The third-order valence-electron chi connectivity index (χ3n) is 7.79. The number of aromatic amines is 1. The Hall–Kier alpha value is -3.94. The number of H-pyrrole nitrogens is 1. The maximum atomic E-state index is 14.0. The molecule has 0 aliphatic heterocycles. The Kier molecular flexibility index (Phi) is 6.24. The zero-order valence-corrected chi connectivity index (χ0v) is 21.2. The van der Waals surface area contributed by atoms with E-state index in [1.165, 1.54) is 30.5 Å². The maximum Gasteiger partial charge on any atom is 0.256 e. The van der Waals surface area contributed by atoms with Gasteiger partial charge >= 0.3 is 0 Å². The monoisotopic (exact) mass is 496 g/mol. The van der Waals surface area contributed by atoms with Gasteiger partial charge in [-0.3, -0.25) is 14.7 Å².